The Hall–Kier alpha value is -1.85. The van der Waals surface area contributed by atoms with Crippen molar-refractivity contribution < 1.29 is 4.79 Å². The van der Waals surface area contributed by atoms with Crippen LogP contribution in [-0.4, -0.2) is 48.0 Å². The van der Waals surface area contributed by atoms with Gasteiger partial charge in [-0.05, 0) is 18.8 Å². The maximum atomic E-state index is 12.3. The second-order valence-electron chi connectivity index (χ2n) is 6.48. The lowest BCUT2D eigenvalue weighted by molar-refractivity contribution is -0.131. The van der Waals surface area contributed by atoms with Gasteiger partial charge in [-0.3, -0.25) is 14.6 Å². The van der Waals surface area contributed by atoms with Crippen LogP contribution in [0.15, 0.2) is 10.9 Å². The maximum absolute atomic E-state index is 12.3. The van der Waals surface area contributed by atoms with Gasteiger partial charge in [-0.1, -0.05) is 6.92 Å². The molecule has 1 saturated heterocycles. The summed E-state index contributed by atoms with van der Waals surface area (Å²) in [6.07, 6.45) is 1.91. The van der Waals surface area contributed by atoms with E-state index in [1.165, 1.54) is 0 Å². The lowest BCUT2D eigenvalue weighted by Crippen LogP contribution is -2.30. The van der Waals surface area contributed by atoms with Crippen molar-refractivity contribution in [2.24, 2.45) is 11.8 Å². The number of carbonyl (C=O) groups is 1. The first kappa shape index (κ1) is 14.1. The minimum atomic E-state index is -0.135. The number of nitrogens with one attached hydrogen (secondary N) is 1. The monoisotopic (exact) mass is 290 g/mol. The molecule has 1 aliphatic heterocycles. The van der Waals surface area contributed by atoms with Gasteiger partial charge in [0.1, 0.15) is 0 Å². The molecule has 3 atom stereocenters. The number of likely N-dealkylation sites (tertiary alicyclic amines) is 1. The minimum absolute atomic E-state index is 0.135. The Bertz CT molecular complexity index is 610. The molecule has 1 aromatic heterocycles. The number of rotatable bonds is 3. The van der Waals surface area contributed by atoms with Gasteiger partial charge >= 0.3 is 0 Å². The van der Waals surface area contributed by atoms with Gasteiger partial charge in [0, 0.05) is 45.1 Å². The van der Waals surface area contributed by atoms with Crippen LogP contribution in [0.3, 0.4) is 0 Å². The zero-order valence-corrected chi connectivity index (χ0v) is 12.8. The van der Waals surface area contributed by atoms with Crippen molar-refractivity contribution in [3.63, 3.8) is 0 Å². The fraction of sp³-hybridized carbons (Fsp3) is 0.667. The highest BCUT2D eigenvalue weighted by Gasteiger charge is 2.43. The van der Waals surface area contributed by atoms with Gasteiger partial charge < -0.3 is 9.80 Å². The van der Waals surface area contributed by atoms with E-state index in [4.69, 9.17) is 0 Å². The molecule has 0 radical (unpaired) electrons. The van der Waals surface area contributed by atoms with Crippen molar-refractivity contribution in [1.82, 2.24) is 14.9 Å². The van der Waals surface area contributed by atoms with Gasteiger partial charge in [0.15, 0.2) is 0 Å². The smallest absolute Gasteiger partial charge is 0.252 e. The summed E-state index contributed by atoms with van der Waals surface area (Å²) in [4.78, 5) is 35.0. The normalized spacial score (nSPS) is 27.8. The van der Waals surface area contributed by atoms with Crippen LogP contribution in [0.2, 0.25) is 0 Å². The Labute approximate surface area is 124 Å². The molecular weight excluding hydrogens is 268 g/mol. The van der Waals surface area contributed by atoms with Crippen LogP contribution < -0.4 is 10.5 Å². The Balaban J connectivity index is 1.74. The van der Waals surface area contributed by atoms with Crippen molar-refractivity contribution in [3.8, 4) is 0 Å². The lowest BCUT2D eigenvalue weighted by atomic mass is 10.1. The van der Waals surface area contributed by atoms with E-state index in [1.54, 1.807) is 11.0 Å². The van der Waals surface area contributed by atoms with Crippen LogP contribution in [0.4, 0.5) is 5.95 Å². The summed E-state index contributed by atoms with van der Waals surface area (Å²) in [6.45, 7) is 3.58. The molecule has 1 amide bonds. The van der Waals surface area contributed by atoms with Crippen LogP contribution in [-0.2, 0) is 4.79 Å². The topological polar surface area (TPSA) is 69.3 Å². The van der Waals surface area contributed by atoms with E-state index in [1.807, 2.05) is 19.0 Å². The summed E-state index contributed by atoms with van der Waals surface area (Å²) in [6, 6.07) is 1.56. The molecule has 1 aliphatic carbocycles. The summed E-state index contributed by atoms with van der Waals surface area (Å²) in [5, 5.41) is 0. The summed E-state index contributed by atoms with van der Waals surface area (Å²) >= 11 is 0. The molecule has 2 fully saturated rings. The molecular formula is C15H22N4O2. The van der Waals surface area contributed by atoms with E-state index >= 15 is 0 Å². The van der Waals surface area contributed by atoms with Crippen molar-refractivity contribution >= 4 is 11.9 Å². The molecule has 0 aromatic carbocycles. The highest BCUT2D eigenvalue weighted by Crippen LogP contribution is 2.40. The van der Waals surface area contributed by atoms with E-state index in [0.29, 0.717) is 18.4 Å². The van der Waals surface area contributed by atoms with Gasteiger partial charge in [-0.2, -0.15) is 0 Å². The first-order valence-corrected chi connectivity index (χ1v) is 7.53. The average Bonchev–Trinajstić information content (AvgIpc) is 2.98. The number of hydrogen-bond donors (Lipinski definition) is 1. The molecule has 21 heavy (non-hydrogen) atoms. The molecule has 6 heteroatoms. The number of amides is 1. The number of aromatic nitrogens is 2. The van der Waals surface area contributed by atoms with Crippen molar-refractivity contribution in [3.05, 3.63) is 22.1 Å². The molecule has 1 saturated carbocycles. The van der Waals surface area contributed by atoms with Gasteiger partial charge in [0.2, 0.25) is 11.9 Å². The number of H-pyrrole nitrogens is 1. The standard InChI is InChI=1S/C15H22N4O2/c1-9-6-11(9)14(21)19-5-4-10(8-19)12-7-13(20)17-15(16-12)18(2)3/h7,9-11H,4-6,8H2,1-3H3,(H,16,17,20)/t9-,10+,11+/m1/s1. The Kier molecular flexibility index (Phi) is 3.47. The summed E-state index contributed by atoms with van der Waals surface area (Å²) in [7, 11) is 3.70. The van der Waals surface area contributed by atoms with Crippen molar-refractivity contribution in [2.45, 2.75) is 25.7 Å². The number of carbonyl (C=O) groups excluding carboxylic acids is 1. The fourth-order valence-electron chi connectivity index (χ4n) is 2.99. The van der Waals surface area contributed by atoms with Crippen LogP contribution in [0.1, 0.15) is 31.4 Å². The van der Waals surface area contributed by atoms with E-state index in [2.05, 4.69) is 16.9 Å². The number of nitrogens with zero attached hydrogens (tertiary/aromatic N) is 3. The second kappa shape index (κ2) is 5.16. The zero-order chi connectivity index (χ0) is 15.1. The molecule has 1 aromatic rings. The van der Waals surface area contributed by atoms with Crippen molar-refractivity contribution in [2.75, 3.05) is 32.1 Å². The Morgan fingerprint density at radius 3 is 2.81 bits per heavy atom. The molecule has 0 bridgehead atoms. The molecule has 3 rings (SSSR count). The average molecular weight is 290 g/mol. The number of anilines is 1. The first-order chi connectivity index (χ1) is 9.95. The third-order valence-corrected chi connectivity index (χ3v) is 4.52. The van der Waals surface area contributed by atoms with Gasteiger partial charge in [0.25, 0.3) is 5.56 Å². The third-order valence-electron chi connectivity index (χ3n) is 4.52. The zero-order valence-electron chi connectivity index (χ0n) is 12.8. The quantitative estimate of drug-likeness (QED) is 0.894. The lowest BCUT2D eigenvalue weighted by Gasteiger charge is -2.17. The van der Waals surface area contributed by atoms with E-state index < -0.39 is 0 Å². The number of aromatic amines is 1. The van der Waals surface area contributed by atoms with Gasteiger partial charge in [-0.15, -0.1) is 0 Å². The van der Waals surface area contributed by atoms with Crippen LogP contribution >= 0.6 is 0 Å². The minimum Gasteiger partial charge on any atom is -0.348 e. The molecule has 2 heterocycles. The summed E-state index contributed by atoms with van der Waals surface area (Å²) in [5.74, 6) is 1.78. The third kappa shape index (κ3) is 2.80. The van der Waals surface area contributed by atoms with Crippen LogP contribution in [0.25, 0.3) is 0 Å². The Morgan fingerprint density at radius 1 is 1.48 bits per heavy atom. The molecule has 0 unspecified atom stereocenters. The molecule has 0 spiro atoms. The van der Waals surface area contributed by atoms with E-state index in [9.17, 15) is 9.59 Å². The molecule has 114 valence electrons. The number of hydrogen-bond acceptors (Lipinski definition) is 4. The SMILES string of the molecule is C[C@@H]1C[C@@H]1C(=O)N1CC[C@H](c2cc(=O)[nH]c(N(C)C)n2)C1. The fourth-order valence-corrected chi connectivity index (χ4v) is 2.99. The summed E-state index contributed by atoms with van der Waals surface area (Å²) < 4.78 is 0. The molecule has 1 N–H and O–H groups in total. The van der Waals surface area contributed by atoms with Crippen LogP contribution in [0, 0.1) is 11.8 Å². The Morgan fingerprint density at radius 2 is 2.19 bits per heavy atom. The predicted octanol–water partition coefficient (Wildman–Crippen LogP) is 0.808. The highest BCUT2D eigenvalue weighted by atomic mass is 16.2. The van der Waals surface area contributed by atoms with Gasteiger partial charge in [-0.25, -0.2) is 4.98 Å². The van der Waals surface area contributed by atoms with Gasteiger partial charge in [0.05, 0.1) is 5.69 Å². The van der Waals surface area contributed by atoms with E-state index in [0.717, 1.165) is 25.1 Å². The molecule has 2 aliphatic rings. The largest absolute Gasteiger partial charge is 0.348 e. The van der Waals surface area contributed by atoms with Crippen molar-refractivity contribution in [1.29, 1.82) is 0 Å². The molecule has 6 nitrogen and oxygen atoms in total. The highest BCUT2D eigenvalue weighted by molar-refractivity contribution is 5.82. The summed E-state index contributed by atoms with van der Waals surface area (Å²) in [5.41, 5.74) is 0.658. The second-order valence-corrected chi connectivity index (χ2v) is 6.48. The van der Waals surface area contributed by atoms with E-state index in [-0.39, 0.29) is 23.3 Å². The van der Waals surface area contributed by atoms with Crippen LogP contribution in [0.5, 0.6) is 0 Å². The maximum Gasteiger partial charge on any atom is 0.252 e. The predicted molar refractivity (Wildman–Crippen MR) is 80.4 cm³/mol. The first-order valence-electron chi connectivity index (χ1n) is 7.53.